The summed E-state index contributed by atoms with van der Waals surface area (Å²) < 4.78 is 9.55. The Bertz CT molecular complexity index is 200. The lowest BCUT2D eigenvalue weighted by Crippen LogP contribution is -2.01. The third-order valence-electron chi connectivity index (χ3n) is 1.29. The zero-order valence-corrected chi connectivity index (χ0v) is 6.43. The SMILES string of the molecule is OBOc1ccc(OBO)cc1. The van der Waals surface area contributed by atoms with Gasteiger partial charge in [-0.3, -0.25) is 0 Å². The fourth-order valence-corrected chi connectivity index (χ4v) is 0.781. The van der Waals surface area contributed by atoms with Gasteiger partial charge in [0.2, 0.25) is 0 Å². The predicted octanol–water partition coefficient (Wildman–Crippen LogP) is -1.04. The Hall–Kier alpha value is -1.13. The first-order chi connectivity index (χ1) is 5.86. The first-order valence-electron chi connectivity index (χ1n) is 3.44. The summed E-state index contributed by atoms with van der Waals surface area (Å²) in [7, 11) is -0.694. The van der Waals surface area contributed by atoms with E-state index in [4.69, 9.17) is 19.4 Å². The van der Waals surface area contributed by atoms with Crippen LogP contribution >= 0.6 is 0 Å². The van der Waals surface area contributed by atoms with Crippen molar-refractivity contribution < 1.29 is 19.4 Å². The summed E-state index contributed by atoms with van der Waals surface area (Å²) in [5, 5.41) is 16.8. The molecule has 0 aromatic heterocycles. The smallest absolute Gasteiger partial charge is 0.504 e. The monoisotopic (exact) mass is 166 g/mol. The van der Waals surface area contributed by atoms with Crippen molar-refractivity contribution in [3.63, 3.8) is 0 Å². The third kappa shape index (κ3) is 2.48. The van der Waals surface area contributed by atoms with Gasteiger partial charge in [0.25, 0.3) is 0 Å². The molecule has 2 N–H and O–H groups in total. The Balaban J connectivity index is 2.58. The average molecular weight is 166 g/mol. The quantitative estimate of drug-likeness (QED) is 0.560. The molecule has 0 amide bonds. The molecule has 62 valence electrons. The molecule has 0 bridgehead atoms. The maximum Gasteiger partial charge on any atom is 0.504 e. The molecule has 0 aliphatic carbocycles. The van der Waals surface area contributed by atoms with Crippen molar-refractivity contribution in [1.82, 2.24) is 0 Å². The van der Waals surface area contributed by atoms with Gasteiger partial charge in [-0.2, -0.15) is 0 Å². The van der Waals surface area contributed by atoms with Gasteiger partial charge >= 0.3 is 15.4 Å². The summed E-state index contributed by atoms with van der Waals surface area (Å²) >= 11 is 0. The van der Waals surface area contributed by atoms with Crippen molar-refractivity contribution in [2.75, 3.05) is 0 Å². The molecule has 6 heteroatoms. The molecule has 0 unspecified atom stereocenters. The van der Waals surface area contributed by atoms with Crippen LogP contribution in [0.3, 0.4) is 0 Å². The van der Waals surface area contributed by atoms with Gasteiger partial charge < -0.3 is 19.4 Å². The molecule has 0 fully saturated rings. The van der Waals surface area contributed by atoms with Gasteiger partial charge in [-0.1, -0.05) is 0 Å². The largest absolute Gasteiger partial charge is 0.539 e. The van der Waals surface area contributed by atoms with Gasteiger partial charge in [-0.05, 0) is 24.3 Å². The molecule has 0 saturated heterocycles. The van der Waals surface area contributed by atoms with Crippen molar-refractivity contribution in [3.05, 3.63) is 24.3 Å². The molecular formula is C6H8B2O4. The minimum Gasteiger partial charge on any atom is -0.539 e. The summed E-state index contributed by atoms with van der Waals surface area (Å²) in [5.41, 5.74) is 0. The van der Waals surface area contributed by atoms with E-state index in [2.05, 4.69) is 0 Å². The molecule has 1 aromatic rings. The predicted molar refractivity (Wildman–Crippen MR) is 46.4 cm³/mol. The number of hydrogen-bond donors (Lipinski definition) is 2. The normalized spacial score (nSPS) is 8.83. The van der Waals surface area contributed by atoms with E-state index < -0.39 is 0 Å². The number of rotatable bonds is 4. The van der Waals surface area contributed by atoms with Gasteiger partial charge in [0.15, 0.2) is 0 Å². The van der Waals surface area contributed by atoms with Gasteiger partial charge in [-0.15, -0.1) is 0 Å². The standard InChI is InChI=1S/C6H8B2O4/c9-7-11-5-1-2-6(4-3-5)12-8-10/h1-4,7-10H. The van der Waals surface area contributed by atoms with E-state index in [1.54, 1.807) is 24.3 Å². The van der Waals surface area contributed by atoms with E-state index in [1.165, 1.54) is 0 Å². The molecule has 0 atom stereocenters. The summed E-state index contributed by atoms with van der Waals surface area (Å²) in [5.74, 6) is 1.12. The summed E-state index contributed by atoms with van der Waals surface area (Å²) in [4.78, 5) is 0. The van der Waals surface area contributed by atoms with Crippen LogP contribution < -0.4 is 9.31 Å². The van der Waals surface area contributed by atoms with E-state index in [1.807, 2.05) is 0 Å². The van der Waals surface area contributed by atoms with Gasteiger partial charge in [0.1, 0.15) is 11.5 Å². The average Bonchev–Trinajstić information content (AvgIpc) is 2.09. The summed E-state index contributed by atoms with van der Waals surface area (Å²) in [6.07, 6.45) is 0. The maximum atomic E-state index is 8.40. The Morgan fingerprint density at radius 3 is 1.42 bits per heavy atom. The van der Waals surface area contributed by atoms with Crippen molar-refractivity contribution in [3.8, 4) is 11.5 Å². The fourth-order valence-electron chi connectivity index (χ4n) is 0.781. The maximum absolute atomic E-state index is 8.40. The third-order valence-corrected chi connectivity index (χ3v) is 1.29. The van der Waals surface area contributed by atoms with E-state index in [0.717, 1.165) is 0 Å². The Kier molecular flexibility index (Phi) is 3.50. The summed E-state index contributed by atoms with van der Waals surface area (Å²) in [6.45, 7) is 0. The van der Waals surface area contributed by atoms with Crippen LogP contribution in [0.25, 0.3) is 0 Å². The Morgan fingerprint density at radius 2 is 1.17 bits per heavy atom. The highest BCUT2D eigenvalue weighted by atomic mass is 16.5. The van der Waals surface area contributed by atoms with Crippen molar-refractivity contribution in [2.45, 2.75) is 0 Å². The molecule has 0 saturated carbocycles. The minimum atomic E-state index is -0.347. The van der Waals surface area contributed by atoms with Crippen LogP contribution in [0.15, 0.2) is 24.3 Å². The first-order valence-corrected chi connectivity index (χ1v) is 3.44. The lowest BCUT2D eigenvalue weighted by Gasteiger charge is -2.03. The zero-order valence-electron chi connectivity index (χ0n) is 6.43. The summed E-state index contributed by atoms with van der Waals surface area (Å²) in [6, 6.07) is 6.56. The zero-order chi connectivity index (χ0) is 8.81. The van der Waals surface area contributed by atoms with Crippen LogP contribution in [0.4, 0.5) is 0 Å². The first kappa shape index (κ1) is 8.96. The lowest BCUT2D eigenvalue weighted by molar-refractivity contribution is 0.446. The van der Waals surface area contributed by atoms with Gasteiger partial charge in [0, 0.05) is 0 Å². The van der Waals surface area contributed by atoms with Crippen LogP contribution in [-0.2, 0) is 0 Å². The molecular weight excluding hydrogens is 158 g/mol. The topological polar surface area (TPSA) is 58.9 Å². The highest BCUT2D eigenvalue weighted by Gasteiger charge is 1.95. The minimum absolute atomic E-state index is 0.347. The second-order valence-electron chi connectivity index (χ2n) is 2.02. The molecule has 0 spiro atoms. The molecule has 4 nitrogen and oxygen atoms in total. The van der Waals surface area contributed by atoms with Gasteiger partial charge in [-0.25, -0.2) is 0 Å². The number of hydrogen-bond acceptors (Lipinski definition) is 4. The second kappa shape index (κ2) is 4.69. The van der Waals surface area contributed by atoms with Crippen LogP contribution in [-0.4, -0.2) is 25.4 Å². The Morgan fingerprint density at radius 1 is 0.833 bits per heavy atom. The van der Waals surface area contributed by atoms with Crippen LogP contribution in [0, 0.1) is 0 Å². The molecule has 0 radical (unpaired) electrons. The van der Waals surface area contributed by atoms with E-state index in [0.29, 0.717) is 11.5 Å². The van der Waals surface area contributed by atoms with Gasteiger partial charge in [0.05, 0.1) is 0 Å². The molecule has 0 aliphatic heterocycles. The molecule has 12 heavy (non-hydrogen) atoms. The lowest BCUT2D eigenvalue weighted by atomic mass is 10.3. The molecule has 1 aromatic carbocycles. The Labute approximate surface area is 71.4 Å². The highest BCUT2D eigenvalue weighted by Crippen LogP contribution is 2.16. The van der Waals surface area contributed by atoms with Crippen LogP contribution in [0.5, 0.6) is 11.5 Å². The fraction of sp³-hybridized carbons (Fsp3) is 0. The van der Waals surface area contributed by atoms with Crippen LogP contribution in [0.2, 0.25) is 0 Å². The van der Waals surface area contributed by atoms with Crippen molar-refractivity contribution in [2.24, 2.45) is 0 Å². The van der Waals surface area contributed by atoms with Crippen LogP contribution in [0.1, 0.15) is 0 Å². The molecule has 0 heterocycles. The van der Waals surface area contributed by atoms with E-state index in [9.17, 15) is 0 Å². The van der Waals surface area contributed by atoms with E-state index in [-0.39, 0.29) is 15.4 Å². The second-order valence-corrected chi connectivity index (χ2v) is 2.02. The molecule has 0 aliphatic rings. The number of benzene rings is 1. The van der Waals surface area contributed by atoms with E-state index >= 15 is 0 Å². The van der Waals surface area contributed by atoms with Crippen molar-refractivity contribution in [1.29, 1.82) is 0 Å². The highest BCUT2D eigenvalue weighted by molar-refractivity contribution is 6.17. The van der Waals surface area contributed by atoms with Crippen molar-refractivity contribution >= 4 is 15.4 Å². The molecule has 1 rings (SSSR count).